The molecule has 0 saturated heterocycles. The highest BCUT2D eigenvalue weighted by atomic mass is 16.4. The molecule has 1 aliphatic rings. The fraction of sp³-hybridized carbons (Fsp3) is 0.875. The van der Waals surface area contributed by atoms with E-state index in [9.17, 15) is 9.59 Å². The lowest BCUT2D eigenvalue weighted by atomic mass is 9.75. The van der Waals surface area contributed by atoms with Crippen LogP contribution >= 0.6 is 0 Å². The topological polar surface area (TPSA) is 69.6 Å². The molecule has 122 valence electrons. The molecule has 0 heterocycles. The average molecular weight is 298 g/mol. The van der Waals surface area contributed by atoms with Gasteiger partial charge in [0.2, 0.25) is 0 Å². The van der Waals surface area contributed by atoms with E-state index >= 15 is 0 Å². The van der Waals surface area contributed by atoms with E-state index in [4.69, 9.17) is 5.11 Å². The quantitative estimate of drug-likeness (QED) is 0.820. The standard InChI is InChI=1S/C16H30N2O3/c1-11(2)13(14(19)20)10-17-15(21)18(5)12-6-8-16(3,4)9-7-12/h11-13H,6-10H2,1-5H3,(H,17,21)(H,19,20). The van der Waals surface area contributed by atoms with Gasteiger partial charge < -0.3 is 15.3 Å². The molecule has 1 aliphatic carbocycles. The summed E-state index contributed by atoms with van der Waals surface area (Å²) in [7, 11) is 1.81. The van der Waals surface area contributed by atoms with Crippen LogP contribution in [0.3, 0.4) is 0 Å². The third kappa shape index (κ3) is 5.21. The van der Waals surface area contributed by atoms with E-state index in [-0.39, 0.29) is 24.5 Å². The molecule has 1 saturated carbocycles. The van der Waals surface area contributed by atoms with Crippen LogP contribution in [-0.2, 0) is 4.79 Å². The second-order valence-corrected chi connectivity index (χ2v) is 7.38. The Kier molecular flexibility index (Phi) is 6.05. The van der Waals surface area contributed by atoms with Gasteiger partial charge in [0.1, 0.15) is 0 Å². The Hall–Kier alpha value is -1.26. The number of carboxylic acid groups (broad SMARTS) is 1. The largest absolute Gasteiger partial charge is 0.481 e. The molecule has 1 unspecified atom stereocenters. The molecule has 0 bridgehead atoms. The Morgan fingerprint density at radius 3 is 2.24 bits per heavy atom. The molecule has 2 N–H and O–H groups in total. The normalized spacial score (nSPS) is 20.1. The van der Waals surface area contributed by atoms with Gasteiger partial charge in [0.05, 0.1) is 5.92 Å². The molecule has 0 spiro atoms. The molecule has 1 atom stereocenters. The van der Waals surface area contributed by atoms with Gasteiger partial charge in [0, 0.05) is 19.6 Å². The van der Waals surface area contributed by atoms with Gasteiger partial charge in [-0.25, -0.2) is 4.79 Å². The number of carbonyl (C=O) groups is 2. The lowest BCUT2D eigenvalue weighted by Crippen LogP contribution is -2.47. The van der Waals surface area contributed by atoms with Crippen molar-refractivity contribution in [1.29, 1.82) is 0 Å². The van der Waals surface area contributed by atoms with E-state index in [0.29, 0.717) is 5.41 Å². The summed E-state index contributed by atoms with van der Waals surface area (Å²) in [5, 5.41) is 11.9. The number of aliphatic carboxylic acids is 1. The summed E-state index contributed by atoms with van der Waals surface area (Å²) < 4.78 is 0. The van der Waals surface area contributed by atoms with Gasteiger partial charge in [-0.05, 0) is 37.0 Å². The molecule has 0 aliphatic heterocycles. The first-order chi connectivity index (χ1) is 9.64. The number of nitrogens with one attached hydrogen (secondary N) is 1. The minimum Gasteiger partial charge on any atom is -0.481 e. The molecule has 5 heteroatoms. The molecule has 2 amide bonds. The lowest BCUT2D eigenvalue weighted by Gasteiger charge is -2.38. The van der Waals surface area contributed by atoms with Gasteiger partial charge in [-0.2, -0.15) is 0 Å². The SMILES string of the molecule is CC(C)C(CNC(=O)N(C)C1CCC(C)(C)CC1)C(=O)O. The van der Waals surface area contributed by atoms with Gasteiger partial charge in [-0.1, -0.05) is 27.7 Å². The number of rotatable bonds is 5. The maximum atomic E-state index is 12.2. The average Bonchev–Trinajstić information content (AvgIpc) is 2.37. The predicted molar refractivity (Wildman–Crippen MR) is 83.2 cm³/mol. The Bertz CT molecular complexity index is 370. The highest BCUT2D eigenvalue weighted by Gasteiger charge is 2.31. The van der Waals surface area contributed by atoms with Crippen LogP contribution in [0.2, 0.25) is 0 Å². The Morgan fingerprint density at radius 1 is 1.29 bits per heavy atom. The van der Waals surface area contributed by atoms with Crippen LogP contribution in [0.15, 0.2) is 0 Å². The van der Waals surface area contributed by atoms with Crippen LogP contribution < -0.4 is 5.32 Å². The van der Waals surface area contributed by atoms with Gasteiger partial charge in [-0.15, -0.1) is 0 Å². The van der Waals surface area contributed by atoms with E-state index in [0.717, 1.165) is 25.7 Å². The van der Waals surface area contributed by atoms with Crippen molar-refractivity contribution in [2.75, 3.05) is 13.6 Å². The molecule has 1 rings (SSSR count). The molecular weight excluding hydrogens is 268 g/mol. The third-order valence-corrected chi connectivity index (χ3v) is 4.77. The van der Waals surface area contributed by atoms with E-state index in [1.54, 1.807) is 4.90 Å². The van der Waals surface area contributed by atoms with Crippen molar-refractivity contribution < 1.29 is 14.7 Å². The molecule has 0 radical (unpaired) electrons. The number of nitrogens with zero attached hydrogens (tertiary/aromatic N) is 1. The van der Waals surface area contributed by atoms with Crippen LogP contribution in [0.4, 0.5) is 4.79 Å². The fourth-order valence-corrected chi connectivity index (χ4v) is 2.87. The summed E-state index contributed by atoms with van der Waals surface area (Å²) in [4.78, 5) is 25.1. The van der Waals surface area contributed by atoms with Crippen molar-refractivity contribution in [2.45, 2.75) is 59.4 Å². The second kappa shape index (κ2) is 7.14. The number of urea groups is 1. The molecule has 21 heavy (non-hydrogen) atoms. The first-order valence-corrected chi connectivity index (χ1v) is 7.87. The van der Waals surface area contributed by atoms with Gasteiger partial charge in [0.25, 0.3) is 0 Å². The Morgan fingerprint density at radius 2 is 1.81 bits per heavy atom. The van der Waals surface area contributed by atoms with Crippen molar-refractivity contribution in [3.8, 4) is 0 Å². The highest BCUT2D eigenvalue weighted by Crippen LogP contribution is 2.36. The zero-order chi connectivity index (χ0) is 16.2. The number of hydrogen-bond acceptors (Lipinski definition) is 2. The number of carboxylic acids is 1. The Labute approximate surface area is 128 Å². The second-order valence-electron chi connectivity index (χ2n) is 7.38. The first-order valence-electron chi connectivity index (χ1n) is 7.87. The van der Waals surface area contributed by atoms with E-state index in [1.807, 2.05) is 20.9 Å². The van der Waals surface area contributed by atoms with Crippen LogP contribution in [-0.4, -0.2) is 41.6 Å². The maximum Gasteiger partial charge on any atom is 0.317 e. The van der Waals surface area contributed by atoms with Gasteiger partial charge >= 0.3 is 12.0 Å². The first kappa shape index (κ1) is 17.8. The number of amides is 2. The summed E-state index contributed by atoms with van der Waals surface area (Å²) in [6.45, 7) is 8.44. The van der Waals surface area contributed by atoms with Crippen molar-refractivity contribution in [3.63, 3.8) is 0 Å². The predicted octanol–water partition coefficient (Wildman–Crippen LogP) is 2.95. The summed E-state index contributed by atoms with van der Waals surface area (Å²) in [5.74, 6) is -1.39. The molecule has 1 fully saturated rings. The highest BCUT2D eigenvalue weighted by molar-refractivity contribution is 5.76. The van der Waals surface area contributed by atoms with Gasteiger partial charge in [0.15, 0.2) is 0 Å². The van der Waals surface area contributed by atoms with Crippen LogP contribution in [0.5, 0.6) is 0 Å². The molecular formula is C16H30N2O3. The minimum absolute atomic E-state index is 0.00332. The summed E-state index contributed by atoms with van der Waals surface area (Å²) in [6, 6.07) is 0.104. The van der Waals surface area contributed by atoms with Crippen LogP contribution in [0, 0.1) is 17.3 Å². The van der Waals surface area contributed by atoms with Crippen LogP contribution in [0.1, 0.15) is 53.4 Å². The monoisotopic (exact) mass is 298 g/mol. The zero-order valence-electron chi connectivity index (χ0n) is 14.0. The fourth-order valence-electron chi connectivity index (χ4n) is 2.87. The van der Waals surface area contributed by atoms with Crippen molar-refractivity contribution in [1.82, 2.24) is 10.2 Å². The lowest BCUT2D eigenvalue weighted by molar-refractivity contribution is -0.142. The summed E-state index contributed by atoms with van der Waals surface area (Å²) in [6.07, 6.45) is 4.28. The number of hydrogen-bond donors (Lipinski definition) is 2. The summed E-state index contributed by atoms with van der Waals surface area (Å²) in [5.41, 5.74) is 0.375. The zero-order valence-corrected chi connectivity index (χ0v) is 14.0. The minimum atomic E-state index is -0.854. The van der Waals surface area contributed by atoms with Crippen molar-refractivity contribution in [2.24, 2.45) is 17.3 Å². The Balaban J connectivity index is 2.46. The maximum absolute atomic E-state index is 12.2. The van der Waals surface area contributed by atoms with E-state index in [1.165, 1.54) is 0 Å². The van der Waals surface area contributed by atoms with E-state index in [2.05, 4.69) is 19.2 Å². The molecule has 0 aromatic heterocycles. The molecule has 0 aromatic carbocycles. The van der Waals surface area contributed by atoms with Gasteiger partial charge in [-0.3, -0.25) is 4.79 Å². The van der Waals surface area contributed by atoms with Crippen molar-refractivity contribution in [3.05, 3.63) is 0 Å². The number of carbonyl (C=O) groups excluding carboxylic acids is 1. The van der Waals surface area contributed by atoms with E-state index < -0.39 is 11.9 Å². The van der Waals surface area contributed by atoms with Crippen molar-refractivity contribution >= 4 is 12.0 Å². The third-order valence-electron chi connectivity index (χ3n) is 4.77. The van der Waals surface area contributed by atoms with Crippen LogP contribution in [0.25, 0.3) is 0 Å². The molecule has 5 nitrogen and oxygen atoms in total. The molecule has 0 aromatic rings. The summed E-state index contributed by atoms with van der Waals surface area (Å²) >= 11 is 0. The smallest absolute Gasteiger partial charge is 0.317 e.